The van der Waals surface area contributed by atoms with Gasteiger partial charge in [-0.2, -0.15) is 0 Å². The molecule has 0 bridgehead atoms. The van der Waals surface area contributed by atoms with Gasteiger partial charge < -0.3 is 11.1 Å². The zero-order valence-electron chi connectivity index (χ0n) is 11.5. The molecule has 0 spiro atoms. The molecular weight excluding hydrogens is 287 g/mol. The Bertz CT molecular complexity index is 683. The van der Waals surface area contributed by atoms with E-state index in [1.165, 1.54) is 12.1 Å². The molecule has 0 aliphatic carbocycles. The monoisotopic (exact) mass is 302 g/mol. The van der Waals surface area contributed by atoms with E-state index in [9.17, 15) is 9.18 Å². The maximum absolute atomic E-state index is 13.9. The predicted octanol–water partition coefficient (Wildman–Crippen LogP) is 3.27. The number of thiocarbonyl (C=S) groups is 1. The first-order chi connectivity index (χ1) is 10.0. The smallest absolute Gasteiger partial charge is 0.255 e. The number of amides is 1. The summed E-state index contributed by atoms with van der Waals surface area (Å²) in [4.78, 5) is 12.2. The number of benzene rings is 2. The Morgan fingerprint density at radius 2 is 1.81 bits per heavy atom. The lowest BCUT2D eigenvalue weighted by atomic mass is 10.1. The Hall–Kier alpha value is -2.27. The van der Waals surface area contributed by atoms with Gasteiger partial charge in [0.15, 0.2) is 0 Å². The summed E-state index contributed by atoms with van der Waals surface area (Å²) in [6, 6.07) is 11.4. The molecule has 108 valence electrons. The van der Waals surface area contributed by atoms with Crippen molar-refractivity contribution < 1.29 is 9.18 Å². The van der Waals surface area contributed by atoms with Crippen LogP contribution >= 0.6 is 12.2 Å². The Kier molecular flexibility index (Phi) is 4.65. The lowest BCUT2D eigenvalue weighted by molar-refractivity contribution is 0.102. The van der Waals surface area contributed by atoms with Crippen molar-refractivity contribution in [1.82, 2.24) is 0 Å². The molecule has 0 aromatic heterocycles. The quantitative estimate of drug-likeness (QED) is 0.852. The van der Waals surface area contributed by atoms with Crippen LogP contribution in [0, 0.1) is 5.82 Å². The lowest BCUT2D eigenvalue weighted by Gasteiger charge is -2.08. The Balaban J connectivity index is 2.17. The molecule has 0 atom stereocenters. The van der Waals surface area contributed by atoms with Gasteiger partial charge in [0, 0.05) is 11.1 Å². The number of anilines is 1. The number of carbonyl (C=O) groups is 1. The molecule has 5 heteroatoms. The van der Waals surface area contributed by atoms with E-state index in [0.717, 1.165) is 12.0 Å². The fourth-order valence-corrected chi connectivity index (χ4v) is 1.98. The zero-order chi connectivity index (χ0) is 15.4. The average Bonchev–Trinajstić information content (AvgIpc) is 2.49. The van der Waals surface area contributed by atoms with Gasteiger partial charge in [-0.3, -0.25) is 4.79 Å². The number of hydrogen-bond acceptors (Lipinski definition) is 2. The highest BCUT2D eigenvalue weighted by Crippen LogP contribution is 2.17. The molecule has 0 unspecified atom stereocenters. The third-order valence-corrected chi connectivity index (χ3v) is 3.36. The van der Waals surface area contributed by atoms with Crippen molar-refractivity contribution in [2.24, 2.45) is 5.73 Å². The summed E-state index contributed by atoms with van der Waals surface area (Å²) in [6.07, 6.45) is 0.900. The molecule has 0 saturated heterocycles. The first-order valence-corrected chi connectivity index (χ1v) is 6.91. The van der Waals surface area contributed by atoms with Crippen LogP contribution in [0.4, 0.5) is 10.1 Å². The molecule has 2 aromatic rings. The number of halogens is 1. The first kappa shape index (κ1) is 15.1. The van der Waals surface area contributed by atoms with Crippen LogP contribution in [0.5, 0.6) is 0 Å². The minimum Gasteiger partial charge on any atom is -0.389 e. The van der Waals surface area contributed by atoms with E-state index >= 15 is 0 Å². The lowest BCUT2D eigenvalue weighted by Crippen LogP contribution is -2.14. The van der Waals surface area contributed by atoms with Crippen LogP contribution in [-0.2, 0) is 6.42 Å². The molecule has 3 nitrogen and oxygen atoms in total. The molecule has 0 radical (unpaired) electrons. The van der Waals surface area contributed by atoms with Crippen LogP contribution in [0.3, 0.4) is 0 Å². The standard InChI is InChI=1S/C16H15FN2OS/c1-2-10-3-5-11(6-4-10)16(20)19-14-8-7-12(15(18)21)9-13(14)17/h3-9H,2H2,1H3,(H2,18,21)(H,19,20). The van der Waals surface area contributed by atoms with Crippen molar-refractivity contribution in [2.45, 2.75) is 13.3 Å². The average molecular weight is 302 g/mol. The Morgan fingerprint density at radius 1 is 1.19 bits per heavy atom. The Morgan fingerprint density at radius 3 is 2.33 bits per heavy atom. The summed E-state index contributed by atoms with van der Waals surface area (Å²) in [5, 5.41) is 2.53. The van der Waals surface area contributed by atoms with E-state index in [1.54, 1.807) is 18.2 Å². The van der Waals surface area contributed by atoms with Crippen molar-refractivity contribution in [3.05, 3.63) is 65.0 Å². The van der Waals surface area contributed by atoms with Crippen molar-refractivity contribution in [1.29, 1.82) is 0 Å². The molecule has 2 aromatic carbocycles. The van der Waals surface area contributed by atoms with E-state index < -0.39 is 5.82 Å². The molecule has 21 heavy (non-hydrogen) atoms. The minimum absolute atomic E-state index is 0.0968. The summed E-state index contributed by atoms with van der Waals surface area (Å²) in [6.45, 7) is 2.04. The van der Waals surface area contributed by atoms with Gasteiger partial charge in [-0.15, -0.1) is 0 Å². The van der Waals surface area contributed by atoms with Gasteiger partial charge in [0.2, 0.25) is 0 Å². The summed E-state index contributed by atoms with van der Waals surface area (Å²) in [5.74, 6) is -0.932. The number of hydrogen-bond donors (Lipinski definition) is 2. The summed E-state index contributed by atoms with van der Waals surface area (Å²) in [7, 11) is 0. The summed E-state index contributed by atoms with van der Waals surface area (Å²) >= 11 is 4.78. The summed E-state index contributed by atoms with van der Waals surface area (Å²) < 4.78 is 13.9. The van der Waals surface area contributed by atoms with Gasteiger partial charge >= 0.3 is 0 Å². The van der Waals surface area contributed by atoms with E-state index in [2.05, 4.69) is 5.32 Å². The number of nitrogens with two attached hydrogens (primary N) is 1. The molecule has 0 heterocycles. The number of carbonyl (C=O) groups excluding carboxylic acids is 1. The van der Waals surface area contributed by atoms with Gasteiger partial charge in [0.25, 0.3) is 5.91 Å². The van der Waals surface area contributed by atoms with E-state index in [1.807, 2.05) is 19.1 Å². The molecule has 1 amide bonds. The zero-order valence-corrected chi connectivity index (χ0v) is 12.3. The SMILES string of the molecule is CCc1ccc(C(=O)Nc2ccc(C(N)=S)cc2F)cc1. The van der Waals surface area contributed by atoms with Crippen LogP contribution in [0.2, 0.25) is 0 Å². The third-order valence-electron chi connectivity index (χ3n) is 3.13. The van der Waals surface area contributed by atoms with Crippen molar-refractivity contribution in [3.8, 4) is 0 Å². The second-order valence-electron chi connectivity index (χ2n) is 4.56. The second kappa shape index (κ2) is 6.45. The topological polar surface area (TPSA) is 55.1 Å². The largest absolute Gasteiger partial charge is 0.389 e. The molecular formula is C16H15FN2OS. The number of nitrogens with one attached hydrogen (secondary N) is 1. The normalized spacial score (nSPS) is 10.2. The molecule has 0 aliphatic heterocycles. The van der Waals surface area contributed by atoms with Crippen LogP contribution in [0.25, 0.3) is 0 Å². The minimum atomic E-state index is -0.571. The van der Waals surface area contributed by atoms with Crippen LogP contribution in [0.15, 0.2) is 42.5 Å². The molecule has 3 N–H and O–H groups in total. The van der Waals surface area contributed by atoms with Gasteiger partial charge in [0.1, 0.15) is 10.8 Å². The fourth-order valence-electron chi connectivity index (χ4n) is 1.86. The molecule has 0 saturated carbocycles. The van der Waals surface area contributed by atoms with Crippen molar-refractivity contribution in [3.63, 3.8) is 0 Å². The number of aryl methyl sites for hydroxylation is 1. The maximum atomic E-state index is 13.9. The highest BCUT2D eigenvalue weighted by molar-refractivity contribution is 7.80. The van der Waals surface area contributed by atoms with Gasteiger partial charge in [-0.25, -0.2) is 4.39 Å². The maximum Gasteiger partial charge on any atom is 0.255 e. The van der Waals surface area contributed by atoms with E-state index in [0.29, 0.717) is 11.1 Å². The molecule has 0 aliphatic rings. The van der Waals surface area contributed by atoms with Crippen molar-refractivity contribution in [2.75, 3.05) is 5.32 Å². The van der Waals surface area contributed by atoms with Crippen LogP contribution in [-0.4, -0.2) is 10.9 Å². The highest BCUT2D eigenvalue weighted by Gasteiger charge is 2.10. The highest BCUT2D eigenvalue weighted by atomic mass is 32.1. The Labute approximate surface area is 128 Å². The van der Waals surface area contributed by atoms with Crippen LogP contribution in [0.1, 0.15) is 28.4 Å². The molecule has 2 rings (SSSR count). The van der Waals surface area contributed by atoms with Crippen LogP contribution < -0.4 is 11.1 Å². The molecule has 0 fully saturated rings. The first-order valence-electron chi connectivity index (χ1n) is 6.51. The van der Waals surface area contributed by atoms with E-state index in [4.69, 9.17) is 18.0 Å². The van der Waals surface area contributed by atoms with Gasteiger partial charge in [-0.05, 0) is 42.3 Å². The predicted molar refractivity (Wildman–Crippen MR) is 86.1 cm³/mol. The summed E-state index contributed by atoms with van der Waals surface area (Å²) in [5.41, 5.74) is 7.56. The van der Waals surface area contributed by atoms with Gasteiger partial charge in [-0.1, -0.05) is 31.3 Å². The number of rotatable bonds is 4. The van der Waals surface area contributed by atoms with E-state index in [-0.39, 0.29) is 16.6 Å². The van der Waals surface area contributed by atoms with Gasteiger partial charge in [0.05, 0.1) is 5.69 Å². The fraction of sp³-hybridized carbons (Fsp3) is 0.125. The second-order valence-corrected chi connectivity index (χ2v) is 5.00. The van der Waals surface area contributed by atoms with Crippen molar-refractivity contribution >= 4 is 28.8 Å². The third kappa shape index (κ3) is 3.64.